The Balaban J connectivity index is 2.04. The molecule has 0 amide bonds. The second-order valence-electron chi connectivity index (χ2n) is 4.35. The van der Waals surface area contributed by atoms with Crippen LogP contribution in [0.2, 0.25) is 0 Å². The summed E-state index contributed by atoms with van der Waals surface area (Å²) in [5.41, 5.74) is 6.37. The Labute approximate surface area is 131 Å². The van der Waals surface area contributed by atoms with Gasteiger partial charge >= 0.3 is 0 Å². The van der Waals surface area contributed by atoms with Crippen LogP contribution in [0.25, 0.3) is 0 Å². The van der Waals surface area contributed by atoms with Gasteiger partial charge in [0, 0.05) is 30.9 Å². The lowest BCUT2D eigenvalue weighted by atomic mass is 10.2. The zero-order valence-corrected chi connectivity index (χ0v) is 13.7. The van der Waals surface area contributed by atoms with Crippen molar-refractivity contribution >= 4 is 26.0 Å². The molecule has 0 atom stereocenters. The quantitative estimate of drug-likeness (QED) is 0.783. The highest BCUT2D eigenvalue weighted by atomic mass is 79.9. The molecule has 1 heterocycles. The van der Waals surface area contributed by atoms with E-state index in [2.05, 4.69) is 30.8 Å². The molecule has 7 nitrogen and oxygen atoms in total. The number of nitrogens with zero attached hydrogens (tertiary/aromatic N) is 2. The molecule has 0 fully saturated rings. The van der Waals surface area contributed by atoms with Crippen molar-refractivity contribution in [3.05, 3.63) is 40.0 Å². The smallest absolute Gasteiger partial charge is 0.241 e. The van der Waals surface area contributed by atoms with Crippen LogP contribution in [0.1, 0.15) is 17.3 Å². The summed E-state index contributed by atoms with van der Waals surface area (Å²) in [5.74, 6) is 0.917. The van der Waals surface area contributed by atoms with Crippen molar-refractivity contribution in [2.75, 3.05) is 6.54 Å². The molecule has 3 N–H and O–H groups in total. The first-order valence-corrected chi connectivity index (χ1v) is 8.47. The van der Waals surface area contributed by atoms with E-state index in [1.165, 1.54) is 6.07 Å². The van der Waals surface area contributed by atoms with Gasteiger partial charge in [-0.05, 0) is 33.6 Å². The average molecular weight is 375 g/mol. The van der Waals surface area contributed by atoms with Gasteiger partial charge in [-0.2, -0.15) is 4.98 Å². The van der Waals surface area contributed by atoms with Crippen molar-refractivity contribution in [1.82, 2.24) is 14.9 Å². The Bertz CT molecular complexity index is 730. The van der Waals surface area contributed by atoms with E-state index < -0.39 is 10.0 Å². The Morgan fingerprint density at radius 3 is 2.76 bits per heavy atom. The predicted octanol–water partition coefficient (Wildman–Crippen LogP) is 1.12. The Morgan fingerprint density at radius 2 is 2.19 bits per heavy atom. The minimum Gasteiger partial charge on any atom is -0.340 e. The maximum atomic E-state index is 12.2. The molecule has 2 aromatic rings. The first kappa shape index (κ1) is 16.1. The lowest BCUT2D eigenvalue weighted by molar-refractivity contribution is 0.387. The van der Waals surface area contributed by atoms with Crippen molar-refractivity contribution in [2.45, 2.75) is 24.8 Å². The molecule has 0 aliphatic carbocycles. The van der Waals surface area contributed by atoms with Crippen LogP contribution in [0.4, 0.5) is 0 Å². The fraction of sp³-hybridized carbons (Fsp3) is 0.333. The standard InChI is InChI=1S/C12H15BrN4O3S/c1-8-16-12(17-20-8)4-5-15-21(18,19)11-3-2-9(7-14)6-10(11)13/h2-3,6,15H,4-5,7,14H2,1H3. The molecule has 1 aromatic heterocycles. The first-order chi connectivity index (χ1) is 9.92. The molecule has 1 aromatic carbocycles. The Kier molecular flexibility index (Phi) is 5.09. The van der Waals surface area contributed by atoms with Crippen LogP contribution >= 0.6 is 15.9 Å². The molecule has 0 saturated carbocycles. The average Bonchev–Trinajstić information content (AvgIpc) is 2.83. The second kappa shape index (κ2) is 6.65. The van der Waals surface area contributed by atoms with E-state index in [1.807, 2.05) is 0 Å². The van der Waals surface area contributed by atoms with E-state index >= 15 is 0 Å². The van der Waals surface area contributed by atoms with Crippen LogP contribution in [0.15, 0.2) is 32.1 Å². The number of halogens is 1. The van der Waals surface area contributed by atoms with Crippen LogP contribution in [-0.4, -0.2) is 25.1 Å². The van der Waals surface area contributed by atoms with Crippen LogP contribution in [-0.2, 0) is 23.0 Å². The lowest BCUT2D eigenvalue weighted by Gasteiger charge is -2.08. The van der Waals surface area contributed by atoms with Crippen molar-refractivity contribution < 1.29 is 12.9 Å². The minimum absolute atomic E-state index is 0.170. The molecule has 2 rings (SSSR count). The van der Waals surface area contributed by atoms with Gasteiger partial charge in [-0.25, -0.2) is 13.1 Å². The maximum absolute atomic E-state index is 12.2. The van der Waals surface area contributed by atoms with Gasteiger partial charge in [0.2, 0.25) is 15.9 Å². The number of aryl methyl sites for hydroxylation is 1. The van der Waals surface area contributed by atoms with Gasteiger partial charge in [0.05, 0.1) is 4.90 Å². The fourth-order valence-electron chi connectivity index (χ4n) is 1.71. The molecule has 9 heteroatoms. The van der Waals surface area contributed by atoms with E-state index in [0.717, 1.165) is 5.56 Å². The van der Waals surface area contributed by atoms with Crippen LogP contribution in [0.3, 0.4) is 0 Å². The Morgan fingerprint density at radius 1 is 1.43 bits per heavy atom. The van der Waals surface area contributed by atoms with Crippen molar-refractivity contribution in [2.24, 2.45) is 5.73 Å². The largest absolute Gasteiger partial charge is 0.340 e. The summed E-state index contributed by atoms with van der Waals surface area (Å²) in [7, 11) is -3.60. The molecule has 0 radical (unpaired) electrons. The fourth-order valence-corrected chi connectivity index (χ4v) is 3.86. The van der Waals surface area contributed by atoms with E-state index in [9.17, 15) is 8.42 Å². The molecule has 0 bridgehead atoms. The maximum Gasteiger partial charge on any atom is 0.241 e. The third kappa shape index (κ3) is 4.10. The van der Waals surface area contributed by atoms with Gasteiger partial charge in [-0.1, -0.05) is 11.2 Å². The van der Waals surface area contributed by atoms with E-state index in [-0.39, 0.29) is 11.4 Å². The van der Waals surface area contributed by atoms with Gasteiger partial charge in [0.1, 0.15) is 0 Å². The summed E-state index contributed by atoms with van der Waals surface area (Å²) < 4.78 is 32.2. The molecule has 0 saturated heterocycles. The summed E-state index contributed by atoms with van der Waals surface area (Å²) in [6.45, 7) is 2.21. The number of nitrogens with two attached hydrogens (primary N) is 1. The number of hydrogen-bond donors (Lipinski definition) is 2. The van der Waals surface area contributed by atoms with Gasteiger partial charge in [-0.15, -0.1) is 0 Å². The van der Waals surface area contributed by atoms with Crippen LogP contribution < -0.4 is 10.5 Å². The third-order valence-corrected chi connectivity index (χ3v) is 5.17. The topological polar surface area (TPSA) is 111 Å². The zero-order chi connectivity index (χ0) is 15.5. The number of benzene rings is 1. The molecule has 0 aliphatic heterocycles. The van der Waals surface area contributed by atoms with Crippen molar-refractivity contribution in [3.63, 3.8) is 0 Å². The SMILES string of the molecule is Cc1nc(CCNS(=O)(=O)c2ccc(CN)cc2Br)no1. The molecule has 0 aliphatic rings. The van der Waals surface area contributed by atoms with Gasteiger partial charge in [-0.3, -0.25) is 0 Å². The summed E-state index contributed by atoms with van der Waals surface area (Å²) in [4.78, 5) is 4.18. The number of aromatic nitrogens is 2. The van der Waals surface area contributed by atoms with Crippen molar-refractivity contribution in [3.8, 4) is 0 Å². The number of hydrogen-bond acceptors (Lipinski definition) is 6. The minimum atomic E-state index is -3.60. The van der Waals surface area contributed by atoms with Gasteiger partial charge in [0.25, 0.3) is 0 Å². The lowest BCUT2D eigenvalue weighted by Crippen LogP contribution is -2.26. The molecular formula is C12H15BrN4O3S. The second-order valence-corrected chi connectivity index (χ2v) is 6.94. The molecular weight excluding hydrogens is 360 g/mol. The first-order valence-electron chi connectivity index (χ1n) is 6.20. The highest BCUT2D eigenvalue weighted by Crippen LogP contribution is 2.23. The van der Waals surface area contributed by atoms with E-state index in [1.54, 1.807) is 19.1 Å². The van der Waals surface area contributed by atoms with Crippen LogP contribution in [0.5, 0.6) is 0 Å². The highest BCUT2D eigenvalue weighted by Gasteiger charge is 2.17. The summed E-state index contributed by atoms with van der Waals surface area (Å²) in [5, 5.41) is 3.70. The molecule has 0 unspecified atom stereocenters. The van der Waals surface area contributed by atoms with Crippen LogP contribution in [0, 0.1) is 6.92 Å². The summed E-state index contributed by atoms with van der Waals surface area (Å²) >= 11 is 3.25. The number of rotatable bonds is 6. The summed E-state index contributed by atoms with van der Waals surface area (Å²) in [6, 6.07) is 4.89. The van der Waals surface area contributed by atoms with E-state index in [4.69, 9.17) is 10.3 Å². The van der Waals surface area contributed by atoms with E-state index in [0.29, 0.717) is 29.2 Å². The van der Waals surface area contributed by atoms with Crippen molar-refractivity contribution in [1.29, 1.82) is 0 Å². The zero-order valence-electron chi connectivity index (χ0n) is 11.3. The predicted molar refractivity (Wildman–Crippen MR) is 80.0 cm³/mol. The number of nitrogens with one attached hydrogen (secondary N) is 1. The Hall–Kier alpha value is -1.29. The summed E-state index contributed by atoms with van der Waals surface area (Å²) in [6.07, 6.45) is 0.356. The monoisotopic (exact) mass is 374 g/mol. The normalized spacial score (nSPS) is 11.8. The third-order valence-electron chi connectivity index (χ3n) is 2.73. The molecule has 21 heavy (non-hydrogen) atoms. The van der Waals surface area contributed by atoms with Gasteiger partial charge in [0.15, 0.2) is 5.82 Å². The highest BCUT2D eigenvalue weighted by molar-refractivity contribution is 9.10. The number of sulfonamides is 1. The molecule has 0 spiro atoms. The van der Waals surface area contributed by atoms with Gasteiger partial charge < -0.3 is 10.3 Å². The molecule has 114 valence electrons.